The fourth-order valence-electron chi connectivity index (χ4n) is 2.60. The number of aliphatic carboxylic acids is 1. The second-order valence-electron chi connectivity index (χ2n) is 7.26. The molecular weight excluding hydrogens is 426 g/mol. The number of aromatic nitrogens is 2. The number of aromatic amines is 1. The van der Waals surface area contributed by atoms with Crippen LogP contribution >= 0.6 is 0 Å². The van der Waals surface area contributed by atoms with Crippen LogP contribution in [0.4, 0.5) is 0 Å². The summed E-state index contributed by atoms with van der Waals surface area (Å²) in [6.07, 6.45) is 0.753. The molecule has 1 rings (SSSR count). The van der Waals surface area contributed by atoms with E-state index in [2.05, 4.69) is 25.9 Å². The molecule has 4 amide bonds. The van der Waals surface area contributed by atoms with E-state index in [9.17, 15) is 34.2 Å². The van der Waals surface area contributed by atoms with Crippen molar-refractivity contribution in [3.05, 3.63) is 18.2 Å². The number of nitrogens with one attached hydrogen (secondary N) is 4. The first-order valence-corrected chi connectivity index (χ1v) is 9.75. The first-order chi connectivity index (χ1) is 14.9. The van der Waals surface area contributed by atoms with Gasteiger partial charge in [0.1, 0.15) is 18.1 Å². The molecule has 14 heteroatoms. The van der Waals surface area contributed by atoms with Crippen molar-refractivity contribution >= 4 is 29.6 Å². The number of carboxylic acids is 1. The van der Waals surface area contributed by atoms with Crippen molar-refractivity contribution in [2.24, 2.45) is 11.5 Å². The number of H-pyrrole nitrogens is 1. The fourth-order valence-corrected chi connectivity index (χ4v) is 2.60. The largest absolute Gasteiger partial charge is 0.480 e. The Balaban J connectivity index is 2.97. The van der Waals surface area contributed by atoms with Gasteiger partial charge >= 0.3 is 5.97 Å². The maximum Gasteiger partial charge on any atom is 0.326 e. The highest BCUT2D eigenvalue weighted by molar-refractivity contribution is 5.94. The normalized spacial score (nSPS) is 15.5. The average molecular weight is 455 g/mol. The minimum atomic E-state index is -1.45. The highest BCUT2D eigenvalue weighted by Gasteiger charge is 2.32. The van der Waals surface area contributed by atoms with Crippen LogP contribution in [0.5, 0.6) is 0 Å². The summed E-state index contributed by atoms with van der Waals surface area (Å²) in [6.45, 7) is 2.62. The SMILES string of the molecule is CC(N)C(=O)NC(C(=O)NC(CCC(N)=O)C(=O)NC(Cc1cnc[nH]1)C(=O)O)C(C)O. The number of nitrogens with zero attached hydrogens (tertiary/aromatic N) is 1. The third kappa shape index (κ3) is 8.69. The van der Waals surface area contributed by atoms with Crippen LogP contribution in [0.2, 0.25) is 0 Å². The smallest absolute Gasteiger partial charge is 0.326 e. The lowest BCUT2D eigenvalue weighted by Gasteiger charge is -2.26. The molecule has 0 bridgehead atoms. The third-order valence-electron chi connectivity index (χ3n) is 4.38. The molecule has 0 saturated carbocycles. The minimum absolute atomic E-state index is 0.113. The van der Waals surface area contributed by atoms with Gasteiger partial charge in [0, 0.05) is 24.7 Å². The predicted molar refractivity (Wildman–Crippen MR) is 109 cm³/mol. The molecule has 1 aromatic heterocycles. The molecule has 0 radical (unpaired) electrons. The van der Waals surface area contributed by atoms with Gasteiger partial charge in [0.15, 0.2) is 0 Å². The Labute approximate surface area is 183 Å². The number of aliphatic hydroxyl groups is 1. The summed E-state index contributed by atoms with van der Waals surface area (Å²) in [4.78, 5) is 66.4. The number of amides is 4. The van der Waals surface area contributed by atoms with Crippen LogP contribution in [0.1, 0.15) is 32.4 Å². The number of carboxylic acid groups (broad SMARTS) is 1. The van der Waals surface area contributed by atoms with E-state index >= 15 is 0 Å². The summed E-state index contributed by atoms with van der Waals surface area (Å²) < 4.78 is 0. The molecular formula is C18H29N7O7. The van der Waals surface area contributed by atoms with Crippen molar-refractivity contribution in [2.75, 3.05) is 0 Å². The van der Waals surface area contributed by atoms with E-state index in [-0.39, 0.29) is 19.3 Å². The maximum absolute atomic E-state index is 12.7. The van der Waals surface area contributed by atoms with Crippen molar-refractivity contribution in [3.8, 4) is 0 Å². The standard InChI is InChI=1S/C18H29N7O7/c1-8(19)15(28)25-14(9(2)26)17(30)23-11(3-4-13(20)27)16(29)24-12(18(31)32)5-10-6-21-7-22-10/h6-9,11-12,14,26H,3-5,19H2,1-2H3,(H2,20,27)(H,21,22)(H,23,30)(H,24,29)(H,25,28)(H,31,32). The second kappa shape index (κ2) is 12.4. The molecule has 0 fully saturated rings. The predicted octanol–water partition coefficient (Wildman–Crippen LogP) is -3.52. The Bertz CT molecular complexity index is 811. The molecule has 0 saturated heterocycles. The molecule has 0 aliphatic heterocycles. The molecule has 178 valence electrons. The van der Waals surface area contributed by atoms with Crippen LogP contribution in [-0.4, -0.2) is 80.1 Å². The first kappa shape index (κ1) is 26.5. The highest BCUT2D eigenvalue weighted by Crippen LogP contribution is 2.04. The Hall–Kier alpha value is -3.52. The molecule has 1 heterocycles. The van der Waals surface area contributed by atoms with E-state index in [4.69, 9.17) is 11.5 Å². The van der Waals surface area contributed by atoms with Gasteiger partial charge in [0.25, 0.3) is 0 Å². The summed E-state index contributed by atoms with van der Waals surface area (Å²) in [7, 11) is 0. The Morgan fingerprint density at radius 1 is 1.06 bits per heavy atom. The van der Waals surface area contributed by atoms with Crippen LogP contribution in [0.3, 0.4) is 0 Å². The van der Waals surface area contributed by atoms with Crippen molar-refractivity contribution in [3.63, 3.8) is 0 Å². The van der Waals surface area contributed by atoms with E-state index in [1.54, 1.807) is 0 Å². The lowest BCUT2D eigenvalue weighted by Crippen LogP contribution is -2.59. The summed E-state index contributed by atoms with van der Waals surface area (Å²) in [5.41, 5.74) is 11.0. The van der Waals surface area contributed by atoms with Gasteiger partial charge in [-0.25, -0.2) is 9.78 Å². The molecule has 0 aromatic carbocycles. The number of carbonyl (C=O) groups excluding carboxylic acids is 4. The third-order valence-corrected chi connectivity index (χ3v) is 4.38. The zero-order chi connectivity index (χ0) is 24.4. The van der Waals surface area contributed by atoms with Crippen LogP contribution < -0.4 is 27.4 Å². The number of nitrogens with two attached hydrogens (primary N) is 2. The monoisotopic (exact) mass is 455 g/mol. The van der Waals surface area contributed by atoms with E-state index < -0.39 is 59.9 Å². The zero-order valence-corrected chi connectivity index (χ0v) is 17.7. The molecule has 32 heavy (non-hydrogen) atoms. The van der Waals surface area contributed by atoms with Gasteiger partial charge in [-0.1, -0.05) is 0 Å². The van der Waals surface area contributed by atoms with Crippen LogP contribution in [0, 0.1) is 0 Å². The molecule has 0 spiro atoms. The lowest BCUT2D eigenvalue weighted by atomic mass is 10.1. The van der Waals surface area contributed by atoms with Crippen LogP contribution in [0.15, 0.2) is 12.5 Å². The molecule has 0 aliphatic rings. The number of hydrogen-bond acceptors (Lipinski definition) is 8. The minimum Gasteiger partial charge on any atom is -0.480 e. The average Bonchev–Trinajstić information content (AvgIpc) is 3.20. The first-order valence-electron chi connectivity index (χ1n) is 9.75. The summed E-state index contributed by atoms with van der Waals surface area (Å²) in [5.74, 6) is -4.62. The molecule has 10 N–H and O–H groups in total. The topological polar surface area (TPSA) is 243 Å². The van der Waals surface area contributed by atoms with E-state index in [1.165, 1.54) is 26.4 Å². The van der Waals surface area contributed by atoms with E-state index in [0.29, 0.717) is 5.69 Å². The molecule has 5 atom stereocenters. The van der Waals surface area contributed by atoms with Gasteiger partial charge in [-0.3, -0.25) is 19.2 Å². The maximum atomic E-state index is 12.7. The fraction of sp³-hybridized carbons (Fsp3) is 0.556. The number of aliphatic hydroxyl groups excluding tert-OH is 1. The van der Waals surface area contributed by atoms with Crippen LogP contribution in [0.25, 0.3) is 0 Å². The zero-order valence-electron chi connectivity index (χ0n) is 17.7. The second-order valence-corrected chi connectivity index (χ2v) is 7.26. The molecule has 0 aliphatic carbocycles. The van der Waals surface area contributed by atoms with E-state index in [0.717, 1.165) is 0 Å². The molecule has 5 unspecified atom stereocenters. The summed E-state index contributed by atoms with van der Waals surface area (Å²) >= 11 is 0. The Kier molecular flexibility index (Phi) is 10.2. The van der Waals surface area contributed by atoms with Gasteiger partial charge in [-0.05, 0) is 20.3 Å². The van der Waals surface area contributed by atoms with Crippen molar-refractivity contribution in [2.45, 2.75) is 63.4 Å². The summed E-state index contributed by atoms with van der Waals surface area (Å²) in [6, 6.07) is -5.14. The Morgan fingerprint density at radius 3 is 2.16 bits per heavy atom. The van der Waals surface area contributed by atoms with E-state index in [1.807, 2.05) is 0 Å². The highest BCUT2D eigenvalue weighted by atomic mass is 16.4. The van der Waals surface area contributed by atoms with Gasteiger partial charge in [0.2, 0.25) is 23.6 Å². The Morgan fingerprint density at radius 2 is 1.69 bits per heavy atom. The number of primary amides is 1. The quantitative estimate of drug-likeness (QED) is 0.147. The number of rotatable bonds is 13. The number of carbonyl (C=O) groups is 5. The summed E-state index contributed by atoms with van der Waals surface area (Å²) in [5, 5.41) is 26.1. The lowest BCUT2D eigenvalue weighted by molar-refractivity contribution is -0.142. The number of imidazole rings is 1. The van der Waals surface area contributed by atoms with Gasteiger partial charge in [-0.15, -0.1) is 0 Å². The van der Waals surface area contributed by atoms with Gasteiger partial charge < -0.3 is 42.6 Å². The molecule has 1 aromatic rings. The van der Waals surface area contributed by atoms with Crippen molar-refractivity contribution < 1.29 is 34.2 Å². The van der Waals surface area contributed by atoms with Gasteiger partial charge in [0.05, 0.1) is 18.5 Å². The number of hydrogen-bond donors (Lipinski definition) is 8. The van der Waals surface area contributed by atoms with Crippen molar-refractivity contribution in [1.29, 1.82) is 0 Å². The van der Waals surface area contributed by atoms with Gasteiger partial charge in [-0.2, -0.15) is 0 Å². The molecule has 14 nitrogen and oxygen atoms in total. The van der Waals surface area contributed by atoms with Crippen molar-refractivity contribution in [1.82, 2.24) is 25.9 Å². The van der Waals surface area contributed by atoms with Crippen LogP contribution in [-0.2, 0) is 30.4 Å².